The van der Waals surface area contributed by atoms with Crippen molar-refractivity contribution in [2.45, 2.75) is 6.18 Å². The van der Waals surface area contributed by atoms with Gasteiger partial charge in [-0.2, -0.15) is 18.4 Å². The molecule has 0 aliphatic carbocycles. The molecule has 2 rings (SSSR count). The van der Waals surface area contributed by atoms with E-state index < -0.39 is 23.1 Å². The zero-order valence-electron chi connectivity index (χ0n) is 9.50. The molecular weight excluding hydrogens is 258 g/mol. The van der Waals surface area contributed by atoms with Crippen LogP contribution in [-0.2, 0) is 6.18 Å². The zero-order valence-corrected chi connectivity index (χ0v) is 9.50. The maximum atomic E-state index is 13.7. The lowest BCUT2D eigenvalue weighted by atomic mass is 9.98. The smallest absolute Gasteiger partial charge is 0.206 e. The van der Waals surface area contributed by atoms with Gasteiger partial charge < -0.3 is 0 Å². The summed E-state index contributed by atoms with van der Waals surface area (Å²) in [5.74, 6) is -0.945. The van der Waals surface area contributed by atoms with Gasteiger partial charge in [0, 0.05) is 5.56 Å². The molecule has 0 N–H and O–H groups in total. The highest BCUT2D eigenvalue weighted by molar-refractivity contribution is 5.69. The fourth-order valence-electron chi connectivity index (χ4n) is 1.77. The minimum Gasteiger partial charge on any atom is -0.206 e. The van der Waals surface area contributed by atoms with Gasteiger partial charge in [-0.05, 0) is 29.8 Å². The van der Waals surface area contributed by atoms with Crippen LogP contribution >= 0.6 is 0 Å². The molecule has 0 bridgehead atoms. The minimum atomic E-state index is -4.63. The average Bonchev–Trinajstić information content (AvgIpc) is 2.37. The lowest BCUT2D eigenvalue weighted by molar-refractivity contribution is -0.137. The van der Waals surface area contributed by atoms with Gasteiger partial charge in [-0.1, -0.05) is 18.2 Å². The van der Waals surface area contributed by atoms with E-state index in [0.717, 1.165) is 18.2 Å². The summed E-state index contributed by atoms with van der Waals surface area (Å²) in [4.78, 5) is 0. The molecule has 2 aromatic rings. The number of hydrogen-bond acceptors (Lipinski definition) is 1. The lowest BCUT2D eigenvalue weighted by Gasteiger charge is -2.13. The zero-order chi connectivity index (χ0) is 14.0. The Kier molecular flexibility index (Phi) is 3.26. The van der Waals surface area contributed by atoms with E-state index in [4.69, 9.17) is 5.26 Å². The van der Waals surface area contributed by atoms with Crippen LogP contribution in [0.15, 0.2) is 42.5 Å². The van der Waals surface area contributed by atoms with Crippen molar-refractivity contribution < 1.29 is 17.6 Å². The van der Waals surface area contributed by atoms with E-state index in [1.54, 1.807) is 0 Å². The van der Waals surface area contributed by atoms with E-state index in [-0.39, 0.29) is 5.56 Å². The molecule has 0 aliphatic heterocycles. The molecule has 19 heavy (non-hydrogen) atoms. The van der Waals surface area contributed by atoms with Gasteiger partial charge in [0.2, 0.25) is 0 Å². The van der Waals surface area contributed by atoms with Gasteiger partial charge in [0.05, 0.1) is 17.2 Å². The van der Waals surface area contributed by atoms with Crippen molar-refractivity contribution in [3.63, 3.8) is 0 Å². The summed E-state index contributed by atoms with van der Waals surface area (Å²) in [5, 5.41) is 8.63. The van der Waals surface area contributed by atoms with Crippen LogP contribution < -0.4 is 0 Å². The predicted molar refractivity (Wildman–Crippen MR) is 61.6 cm³/mol. The van der Waals surface area contributed by atoms with E-state index in [1.165, 1.54) is 24.3 Å². The highest BCUT2D eigenvalue weighted by Crippen LogP contribution is 2.38. The molecule has 0 saturated heterocycles. The second kappa shape index (κ2) is 4.73. The van der Waals surface area contributed by atoms with Crippen molar-refractivity contribution in [1.82, 2.24) is 0 Å². The first-order valence-electron chi connectivity index (χ1n) is 5.29. The second-order valence-electron chi connectivity index (χ2n) is 3.85. The Bertz CT molecular complexity index is 636. The minimum absolute atomic E-state index is 0.0874. The van der Waals surface area contributed by atoms with Gasteiger partial charge in [-0.3, -0.25) is 0 Å². The van der Waals surface area contributed by atoms with Gasteiger partial charge in [0.1, 0.15) is 5.82 Å². The molecule has 5 heteroatoms. The first-order chi connectivity index (χ1) is 8.93. The molecule has 0 aromatic heterocycles. The average molecular weight is 265 g/mol. The van der Waals surface area contributed by atoms with E-state index >= 15 is 0 Å². The van der Waals surface area contributed by atoms with Crippen LogP contribution in [-0.4, -0.2) is 0 Å². The molecule has 0 unspecified atom stereocenters. The molecule has 96 valence electrons. The number of halogens is 4. The molecule has 2 aromatic carbocycles. The summed E-state index contributed by atoms with van der Waals surface area (Å²) < 4.78 is 52.2. The Labute approximate surface area is 106 Å². The summed E-state index contributed by atoms with van der Waals surface area (Å²) in [6.07, 6.45) is -4.63. The molecule has 1 nitrogen and oxygen atoms in total. The summed E-state index contributed by atoms with van der Waals surface area (Å²) >= 11 is 0. The highest BCUT2D eigenvalue weighted by atomic mass is 19.4. The standard InChI is InChI=1S/C14H7F4N/c15-12-3-1-2-11(14(16,17)18)13(12)10-6-4-9(8-19)5-7-10/h1-7H. The van der Waals surface area contributed by atoms with E-state index in [9.17, 15) is 17.6 Å². The predicted octanol–water partition coefficient (Wildman–Crippen LogP) is 4.38. The van der Waals surface area contributed by atoms with Crippen molar-refractivity contribution >= 4 is 0 Å². The molecule has 0 amide bonds. The van der Waals surface area contributed by atoms with E-state index in [0.29, 0.717) is 5.56 Å². The van der Waals surface area contributed by atoms with Gasteiger partial charge in [-0.25, -0.2) is 4.39 Å². The van der Waals surface area contributed by atoms with Crippen LogP contribution in [0.4, 0.5) is 17.6 Å². The Morgan fingerprint density at radius 3 is 2.11 bits per heavy atom. The largest absolute Gasteiger partial charge is 0.417 e. The van der Waals surface area contributed by atoms with Crippen LogP contribution in [0, 0.1) is 17.1 Å². The van der Waals surface area contributed by atoms with Crippen LogP contribution in [0.3, 0.4) is 0 Å². The van der Waals surface area contributed by atoms with Crippen LogP contribution in [0.2, 0.25) is 0 Å². The van der Waals surface area contributed by atoms with Crippen molar-refractivity contribution in [1.29, 1.82) is 5.26 Å². The number of benzene rings is 2. The fourth-order valence-corrected chi connectivity index (χ4v) is 1.77. The van der Waals surface area contributed by atoms with Crippen molar-refractivity contribution in [3.05, 3.63) is 59.4 Å². The maximum Gasteiger partial charge on any atom is 0.417 e. The second-order valence-corrected chi connectivity index (χ2v) is 3.85. The van der Waals surface area contributed by atoms with E-state index in [1.807, 2.05) is 6.07 Å². The normalized spacial score (nSPS) is 11.1. The molecule has 0 saturated carbocycles. The Morgan fingerprint density at radius 2 is 1.58 bits per heavy atom. The fraction of sp³-hybridized carbons (Fsp3) is 0.0714. The lowest BCUT2D eigenvalue weighted by Crippen LogP contribution is -2.08. The number of nitriles is 1. The topological polar surface area (TPSA) is 23.8 Å². The highest BCUT2D eigenvalue weighted by Gasteiger charge is 2.34. The first kappa shape index (κ1) is 13.1. The Balaban J connectivity index is 2.64. The quantitative estimate of drug-likeness (QED) is 0.702. The summed E-state index contributed by atoms with van der Waals surface area (Å²) in [6.45, 7) is 0. The number of alkyl halides is 3. The third-order valence-electron chi connectivity index (χ3n) is 2.62. The molecule has 0 fully saturated rings. The molecule has 0 spiro atoms. The molecular formula is C14H7F4N. The summed E-state index contributed by atoms with van der Waals surface area (Å²) in [5.41, 5.74) is -1.14. The number of nitrogens with zero attached hydrogens (tertiary/aromatic N) is 1. The molecule has 0 atom stereocenters. The SMILES string of the molecule is N#Cc1ccc(-c2c(F)cccc2C(F)(F)F)cc1. The third kappa shape index (κ3) is 2.58. The molecule has 0 radical (unpaired) electrons. The van der Waals surface area contributed by atoms with Gasteiger partial charge in [0.25, 0.3) is 0 Å². The molecule has 0 heterocycles. The van der Waals surface area contributed by atoms with Crippen molar-refractivity contribution in [2.75, 3.05) is 0 Å². The number of hydrogen-bond donors (Lipinski definition) is 0. The number of rotatable bonds is 1. The van der Waals surface area contributed by atoms with E-state index in [2.05, 4.69) is 0 Å². The Hall–Kier alpha value is -2.35. The van der Waals surface area contributed by atoms with Crippen LogP contribution in [0.25, 0.3) is 11.1 Å². The monoisotopic (exact) mass is 265 g/mol. The van der Waals surface area contributed by atoms with Gasteiger partial charge in [-0.15, -0.1) is 0 Å². The van der Waals surface area contributed by atoms with Crippen LogP contribution in [0.5, 0.6) is 0 Å². The maximum absolute atomic E-state index is 13.7. The van der Waals surface area contributed by atoms with Crippen LogP contribution in [0.1, 0.15) is 11.1 Å². The first-order valence-corrected chi connectivity index (χ1v) is 5.29. The third-order valence-corrected chi connectivity index (χ3v) is 2.62. The molecule has 0 aliphatic rings. The van der Waals surface area contributed by atoms with Gasteiger partial charge >= 0.3 is 6.18 Å². The van der Waals surface area contributed by atoms with Crippen molar-refractivity contribution in [2.24, 2.45) is 0 Å². The summed E-state index contributed by atoms with van der Waals surface area (Å²) in [6, 6.07) is 9.97. The van der Waals surface area contributed by atoms with Crippen molar-refractivity contribution in [3.8, 4) is 17.2 Å². The Morgan fingerprint density at radius 1 is 0.947 bits per heavy atom. The summed E-state index contributed by atoms with van der Waals surface area (Å²) in [7, 11) is 0. The van der Waals surface area contributed by atoms with Gasteiger partial charge in [0.15, 0.2) is 0 Å².